The predicted molar refractivity (Wildman–Crippen MR) is 56.6 cm³/mol. The fraction of sp³-hybridized carbons (Fsp3) is 0.545. The lowest BCUT2D eigenvalue weighted by Crippen LogP contribution is -2.34. The van der Waals surface area contributed by atoms with E-state index in [1.54, 1.807) is 0 Å². The second kappa shape index (κ2) is 3.02. The van der Waals surface area contributed by atoms with Crippen molar-refractivity contribution < 1.29 is 4.79 Å². The van der Waals surface area contributed by atoms with Crippen LogP contribution in [-0.4, -0.2) is 11.5 Å². The number of hydrogen-bond acceptors (Lipinski definition) is 2. The lowest BCUT2D eigenvalue weighted by Gasteiger charge is -2.36. The van der Waals surface area contributed by atoms with Crippen LogP contribution < -0.4 is 0 Å². The zero-order chi connectivity index (χ0) is 9.47. The SMILES string of the molecule is CC1=CC=C2SCCC(=O)C2(C)C1. The number of allylic oxidation sites excluding steroid dienone is 4. The fourth-order valence-electron chi connectivity index (χ4n) is 2.08. The monoisotopic (exact) mass is 194 g/mol. The molecule has 1 fully saturated rings. The van der Waals surface area contributed by atoms with Gasteiger partial charge in [0.05, 0.1) is 5.41 Å². The van der Waals surface area contributed by atoms with E-state index in [2.05, 4.69) is 26.0 Å². The number of thioether (sulfide) groups is 1. The molecular weight excluding hydrogens is 180 g/mol. The average molecular weight is 194 g/mol. The van der Waals surface area contributed by atoms with Gasteiger partial charge in [-0.05, 0) is 25.2 Å². The number of rotatable bonds is 0. The molecule has 1 unspecified atom stereocenters. The van der Waals surface area contributed by atoms with Gasteiger partial charge in [0.2, 0.25) is 0 Å². The topological polar surface area (TPSA) is 17.1 Å². The van der Waals surface area contributed by atoms with Gasteiger partial charge >= 0.3 is 0 Å². The molecule has 1 saturated heterocycles. The number of fused-ring (bicyclic) bond motifs is 1. The third-order valence-corrected chi connectivity index (χ3v) is 4.20. The second-order valence-corrected chi connectivity index (χ2v) is 5.21. The summed E-state index contributed by atoms with van der Waals surface area (Å²) in [4.78, 5) is 13.1. The highest BCUT2D eigenvalue weighted by Crippen LogP contribution is 2.47. The Bertz CT molecular complexity index is 314. The first-order chi connectivity index (χ1) is 6.13. The van der Waals surface area contributed by atoms with Gasteiger partial charge < -0.3 is 0 Å². The van der Waals surface area contributed by atoms with Crippen molar-refractivity contribution in [2.45, 2.75) is 26.7 Å². The highest BCUT2D eigenvalue weighted by Gasteiger charge is 2.40. The van der Waals surface area contributed by atoms with Gasteiger partial charge in [0.25, 0.3) is 0 Å². The number of ketones is 1. The Morgan fingerprint density at radius 3 is 3.00 bits per heavy atom. The fourth-order valence-corrected chi connectivity index (χ4v) is 3.25. The lowest BCUT2D eigenvalue weighted by atomic mass is 9.75. The first-order valence-electron chi connectivity index (χ1n) is 4.67. The Hall–Kier alpha value is -0.500. The van der Waals surface area contributed by atoms with Crippen LogP contribution >= 0.6 is 11.8 Å². The summed E-state index contributed by atoms with van der Waals surface area (Å²) in [7, 11) is 0. The molecule has 0 bridgehead atoms. The molecule has 0 N–H and O–H groups in total. The molecule has 0 amide bonds. The molecule has 0 aromatic carbocycles. The molecule has 2 heteroatoms. The Morgan fingerprint density at radius 1 is 1.46 bits per heavy atom. The third kappa shape index (κ3) is 1.37. The Morgan fingerprint density at radius 2 is 2.23 bits per heavy atom. The molecule has 0 radical (unpaired) electrons. The van der Waals surface area contributed by atoms with Crippen LogP contribution in [0.25, 0.3) is 0 Å². The highest BCUT2D eigenvalue weighted by atomic mass is 32.2. The standard InChI is InChI=1S/C11H14OS/c1-8-3-4-10-11(2,7-8)9(12)5-6-13-10/h3-4H,5-7H2,1-2H3. The molecule has 1 atom stereocenters. The zero-order valence-corrected chi connectivity index (χ0v) is 8.91. The van der Waals surface area contributed by atoms with Gasteiger partial charge in [-0.2, -0.15) is 0 Å². The van der Waals surface area contributed by atoms with E-state index in [-0.39, 0.29) is 5.41 Å². The lowest BCUT2D eigenvalue weighted by molar-refractivity contribution is -0.125. The van der Waals surface area contributed by atoms with E-state index in [9.17, 15) is 4.79 Å². The van der Waals surface area contributed by atoms with Crippen molar-refractivity contribution in [3.8, 4) is 0 Å². The molecule has 0 spiro atoms. The smallest absolute Gasteiger partial charge is 0.144 e. The quantitative estimate of drug-likeness (QED) is 0.590. The largest absolute Gasteiger partial charge is 0.299 e. The summed E-state index contributed by atoms with van der Waals surface area (Å²) in [6, 6.07) is 0. The molecule has 0 aromatic heterocycles. The van der Waals surface area contributed by atoms with E-state index in [1.807, 2.05) is 11.8 Å². The maximum Gasteiger partial charge on any atom is 0.144 e. The van der Waals surface area contributed by atoms with Gasteiger partial charge in [-0.15, -0.1) is 11.8 Å². The molecule has 2 rings (SSSR count). The summed E-state index contributed by atoms with van der Waals surface area (Å²) in [5.74, 6) is 1.39. The van der Waals surface area contributed by atoms with Gasteiger partial charge in [0, 0.05) is 12.2 Å². The van der Waals surface area contributed by atoms with E-state index in [0.717, 1.165) is 18.6 Å². The van der Waals surface area contributed by atoms with Crippen molar-refractivity contribution in [1.29, 1.82) is 0 Å². The van der Waals surface area contributed by atoms with Crippen molar-refractivity contribution >= 4 is 17.5 Å². The van der Waals surface area contributed by atoms with Crippen molar-refractivity contribution in [3.05, 3.63) is 22.6 Å². The molecule has 1 aliphatic heterocycles. The molecule has 1 heterocycles. The van der Waals surface area contributed by atoms with E-state index in [1.165, 1.54) is 10.5 Å². The molecular formula is C11H14OS. The van der Waals surface area contributed by atoms with Crippen LogP contribution in [0.4, 0.5) is 0 Å². The van der Waals surface area contributed by atoms with Crippen LogP contribution in [0, 0.1) is 5.41 Å². The third-order valence-electron chi connectivity index (χ3n) is 2.90. The van der Waals surface area contributed by atoms with Gasteiger partial charge in [-0.1, -0.05) is 17.7 Å². The zero-order valence-electron chi connectivity index (χ0n) is 8.09. The molecule has 70 valence electrons. The number of hydrogen-bond donors (Lipinski definition) is 0. The molecule has 1 nitrogen and oxygen atoms in total. The van der Waals surface area contributed by atoms with Crippen LogP contribution in [0.2, 0.25) is 0 Å². The predicted octanol–water partition coefficient (Wildman–Crippen LogP) is 2.93. The Labute approximate surface area is 83.3 Å². The van der Waals surface area contributed by atoms with Crippen molar-refractivity contribution in [2.24, 2.45) is 5.41 Å². The average Bonchev–Trinajstić information content (AvgIpc) is 2.07. The minimum Gasteiger partial charge on any atom is -0.299 e. The first kappa shape index (κ1) is 9.07. The van der Waals surface area contributed by atoms with E-state index in [4.69, 9.17) is 0 Å². The van der Waals surface area contributed by atoms with Crippen molar-refractivity contribution in [1.82, 2.24) is 0 Å². The molecule has 0 aromatic rings. The van der Waals surface area contributed by atoms with Crippen molar-refractivity contribution in [2.75, 3.05) is 5.75 Å². The van der Waals surface area contributed by atoms with E-state index >= 15 is 0 Å². The van der Waals surface area contributed by atoms with Gasteiger partial charge in [-0.3, -0.25) is 4.79 Å². The van der Waals surface area contributed by atoms with Gasteiger partial charge in [-0.25, -0.2) is 0 Å². The summed E-state index contributed by atoms with van der Waals surface area (Å²) < 4.78 is 0. The van der Waals surface area contributed by atoms with E-state index < -0.39 is 0 Å². The molecule has 0 saturated carbocycles. The van der Waals surface area contributed by atoms with Crippen LogP contribution in [0.3, 0.4) is 0 Å². The van der Waals surface area contributed by atoms with Crippen molar-refractivity contribution in [3.63, 3.8) is 0 Å². The summed E-state index contributed by atoms with van der Waals surface area (Å²) in [6.45, 7) is 4.19. The van der Waals surface area contributed by atoms with E-state index in [0.29, 0.717) is 5.78 Å². The van der Waals surface area contributed by atoms with Crippen LogP contribution in [-0.2, 0) is 4.79 Å². The Kier molecular flexibility index (Phi) is 2.11. The molecule has 1 aliphatic carbocycles. The van der Waals surface area contributed by atoms with Crippen LogP contribution in [0.1, 0.15) is 26.7 Å². The summed E-state index contributed by atoms with van der Waals surface area (Å²) in [6.07, 6.45) is 5.93. The second-order valence-electron chi connectivity index (χ2n) is 4.07. The minimum absolute atomic E-state index is 0.179. The van der Waals surface area contributed by atoms with Crippen LogP contribution in [0.5, 0.6) is 0 Å². The minimum atomic E-state index is -0.179. The number of Topliss-reactive ketones (excluding diaryl/α,β-unsaturated/α-hetero) is 1. The number of carbonyl (C=O) groups excluding carboxylic acids is 1. The van der Waals surface area contributed by atoms with Gasteiger partial charge in [0.1, 0.15) is 5.78 Å². The first-order valence-corrected chi connectivity index (χ1v) is 5.65. The normalized spacial score (nSPS) is 33.5. The van der Waals surface area contributed by atoms with Crippen LogP contribution in [0.15, 0.2) is 22.6 Å². The Balaban J connectivity index is 2.40. The molecule has 13 heavy (non-hydrogen) atoms. The van der Waals surface area contributed by atoms with Gasteiger partial charge in [0.15, 0.2) is 0 Å². The molecule has 2 aliphatic rings. The maximum absolute atomic E-state index is 11.8. The summed E-state index contributed by atoms with van der Waals surface area (Å²) in [5.41, 5.74) is 1.14. The maximum atomic E-state index is 11.8. The summed E-state index contributed by atoms with van der Waals surface area (Å²) >= 11 is 1.85. The summed E-state index contributed by atoms with van der Waals surface area (Å²) in [5, 5.41) is 0. The number of carbonyl (C=O) groups is 1. The highest BCUT2D eigenvalue weighted by molar-refractivity contribution is 8.03.